The highest BCUT2D eigenvalue weighted by Crippen LogP contribution is 2.32. The molecule has 20 heavy (non-hydrogen) atoms. The first-order chi connectivity index (χ1) is 9.81. The zero-order chi connectivity index (χ0) is 13.9. The van der Waals surface area contributed by atoms with Gasteiger partial charge in [-0.25, -0.2) is 15.0 Å². The number of hydrogen-bond donors (Lipinski definition) is 2. The van der Waals surface area contributed by atoms with Gasteiger partial charge in [0, 0.05) is 11.4 Å². The van der Waals surface area contributed by atoms with Gasteiger partial charge in [-0.3, -0.25) is 0 Å². The smallest absolute Gasteiger partial charge is 0.181 e. The van der Waals surface area contributed by atoms with Gasteiger partial charge in [0.05, 0.1) is 11.9 Å². The summed E-state index contributed by atoms with van der Waals surface area (Å²) in [5, 5.41) is 9.97. The molecule has 0 aliphatic heterocycles. The number of nitriles is 1. The quantitative estimate of drug-likeness (QED) is 0.710. The number of fused-ring (bicyclic) bond motifs is 1. The van der Waals surface area contributed by atoms with E-state index in [9.17, 15) is 5.26 Å². The number of rotatable bonds is 3. The summed E-state index contributed by atoms with van der Waals surface area (Å²) in [5.41, 5.74) is 8.48. The van der Waals surface area contributed by atoms with Gasteiger partial charge in [0.1, 0.15) is 22.9 Å². The van der Waals surface area contributed by atoms with Gasteiger partial charge in [-0.05, 0) is 17.7 Å². The monoisotopic (exact) mass is 282 g/mol. The predicted octanol–water partition coefficient (Wildman–Crippen LogP) is 1.83. The summed E-state index contributed by atoms with van der Waals surface area (Å²) >= 11 is 1.41. The van der Waals surface area contributed by atoms with Gasteiger partial charge in [0.2, 0.25) is 0 Å². The van der Waals surface area contributed by atoms with Crippen molar-refractivity contribution in [3.8, 4) is 6.07 Å². The lowest BCUT2D eigenvalue weighted by Crippen LogP contribution is -1.97. The lowest BCUT2D eigenvalue weighted by molar-refractivity contribution is 1.06. The van der Waals surface area contributed by atoms with Crippen LogP contribution in [0.15, 0.2) is 40.8 Å². The molecule has 0 aliphatic rings. The minimum atomic E-state index is 0.415. The summed E-state index contributed by atoms with van der Waals surface area (Å²) in [6.45, 7) is 0.415. The lowest BCUT2D eigenvalue weighted by Gasteiger charge is -2.05. The van der Waals surface area contributed by atoms with Gasteiger partial charge in [-0.1, -0.05) is 17.8 Å². The number of nitrogens with one attached hydrogen (secondary N) is 1. The van der Waals surface area contributed by atoms with Crippen molar-refractivity contribution in [2.45, 2.75) is 16.5 Å². The molecule has 0 radical (unpaired) electrons. The van der Waals surface area contributed by atoms with Crippen LogP contribution in [0.25, 0.3) is 11.2 Å². The summed E-state index contributed by atoms with van der Waals surface area (Å²) in [7, 11) is 0. The minimum absolute atomic E-state index is 0.415. The molecule has 0 atom stereocenters. The molecule has 3 N–H and O–H groups in total. The maximum absolute atomic E-state index is 9.23. The van der Waals surface area contributed by atoms with E-state index >= 15 is 0 Å². The fraction of sp³-hybridized carbons (Fsp3) is 0.0769. The first-order valence-corrected chi connectivity index (χ1v) is 6.68. The number of benzene rings is 1. The Morgan fingerprint density at radius 1 is 1.30 bits per heavy atom. The van der Waals surface area contributed by atoms with Crippen molar-refractivity contribution < 1.29 is 0 Å². The Bertz CT molecular complexity index is 804. The van der Waals surface area contributed by atoms with E-state index in [-0.39, 0.29) is 0 Å². The second kappa shape index (κ2) is 5.28. The van der Waals surface area contributed by atoms with Crippen LogP contribution in [0.1, 0.15) is 11.1 Å². The third-order valence-electron chi connectivity index (χ3n) is 2.79. The van der Waals surface area contributed by atoms with E-state index in [0.717, 1.165) is 21.0 Å². The van der Waals surface area contributed by atoms with E-state index < -0.39 is 0 Å². The van der Waals surface area contributed by atoms with Crippen LogP contribution < -0.4 is 5.73 Å². The molecule has 0 saturated heterocycles. The summed E-state index contributed by atoms with van der Waals surface area (Å²) in [4.78, 5) is 16.2. The summed E-state index contributed by atoms with van der Waals surface area (Å²) in [6.07, 6.45) is 3.04. The number of nitrogens with zero attached hydrogens (tertiary/aromatic N) is 4. The first kappa shape index (κ1) is 12.6. The second-order valence-corrected chi connectivity index (χ2v) is 5.06. The topological polar surface area (TPSA) is 104 Å². The Balaban J connectivity index is 2.03. The zero-order valence-electron chi connectivity index (χ0n) is 10.4. The fourth-order valence-corrected chi connectivity index (χ4v) is 2.72. The SMILES string of the molecule is N#Cc1cc(CN)ccc1Sc1ncnc2nc[nH]c12. The van der Waals surface area contributed by atoms with Crippen LogP contribution in [-0.2, 0) is 6.54 Å². The molecule has 0 bridgehead atoms. The van der Waals surface area contributed by atoms with Crippen LogP contribution in [0.5, 0.6) is 0 Å². The fourth-order valence-electron chi connectivity index (χ4n) is 1.80. The largest absolute Gasteiger partial charge is 0.341 e. The second-order valence-electron chi connectivity index (χ2n) is 4.03. The van der Waals surface area contributed by atoms with Crippen LogP contribution >= 0.6 is 11.8 Å². The molecule has 98 valence electrons. The molecule has 3 rings (SSSR count). The Hall–Kier alpha value is -2.43. The van der Waals surface area contributed by atoms with Crippen molar-refractivity contribution in [1.82, 2.24) is 19.9 Å². The van der Waals surface area contributed by atoms with Crippen LogP contribution in [-0.4, -0.2) is 19.9 Å². The molecule has 0 saturated carbocycles. The molecule has 6 nitrogen and oxygen atoms in total. The predicted molar refractivity (Wildman–Crippen MR) is 74.9 cm³/mol. The molecule has 7 heteroatoms. The van der Waals surface area contributed by atoms with Gasteiger partial charge >= 0.3 is 0 Å². The lowest BCUT2D eigenvalue weighted by atomic mass is 10.1. The van der Waals surface area contributed by atoms with Crippen LogP contribution in [0.2, 0.25) is 0 Å². The van der Waals surface area contributed by atoms with Crippen LogP contribution in [0.3, 0.4) is 0 Å². The number of aromatic amines is 1. The standard InChI is InChI=1S/C13H10N6S/c14-4-8-1-2-10(9(3-8)5-15)20-13-11-12(17-6-16-11)18-7-19-13/h1-3,6-7H,4,14H2,(H,16,17,18,19). The van der Waals surface area contributed by atoms with Gasteiger partial charge in [0.15, 0.2) is 5.65 Å². The molecule has 0 amide bonds. The highest BCUT2D eigenvalue weighted by atomic mass is 32.2. The Kier molecular flexibility index (Phi) is 3.33. The average Bonchev–Trinajstić information content (AvgIpc) is 2.97. The number of imidazole rings is 1. The molecular weight excluding hydrogens is 272 g/mol. The van der Waals surface area contributed by atoms with E-state index in [2.05, 4.69) is 26.0 Å². The van der Waals surface area contributed by atoms with Crippen LogP contribution in [0, 0.1) is 11.3 Å². The van der Waals surface area contributed by atoms with Gasteiger partial charge in [-0.2, -0.15) is 5.26 Å². The maximum Gasteiger partial charge on any atom is 0.181 e. The van der Waals surface area contributed by atoms with E-state index in [0.29, 0.717) is 17.8 Å². The number of aromatic nitrogens is 4. The summed E-state index contributed by atoms with van der Waals surface area (Å²) in [5.74, 6) is 0. The number of H-pyrrole nitrogens is 1. The van der Waals surface area contributed by atoms with E-state index in [1.54, 1.807) is 12.4 Å². The maximum atomic E-state index is 9.23. The van der Waals surface area contributed by atoms with Crippen LogP contribution in [0.4, 0.5) is 0 Å². The molecule has 3 aromatic rings. The molecule has 1 aromatic carbocycles. The highest BCUT2D eigenvalue weighted by molar-refractivity contribution is 7.99. The van der Waals surface area contributed by atoms with E-state index in [1.807, 2.05) is 12.1 Å². The van der Waals surface area contributed by atoms with Crippen molar-refractivity contribution in [2.75, 3.05) is 0 Å². The van der Waals surface area contributed by atoms with E-state index in [4.69, 9.17) is 5.73 Å². The average molecular weight is 282 g/mol. The summed E-state index contributed by atoms with van der Waals surface area (Å²) < 4.78 is 0. The van der Waals surface area contributed by atoms with Gasteiger partial charge in [-0.15, -0.1) is 0 Å². The molecule has 0 aliphatic carbocycles. The third-order valence-corrected chi connectivity index (χ3v) is 3.87. The normalized spacial score (nSPS) is 10.6. The highest BCUT2D eigenvalue weighted by Gasteiger charge is 2.11. The first-order valence-electron chi connectivity index (χ1n) is 5.87. The van der Waals surface area contributed by atoms with Crippen molar-refractivity contribution in [3.63, 3.8) is 0 Å². The van der Waals surface area contributed by atoms with Crippen molar-refractivity contribution >= 4 is 22.9 Å². The zero-order valence-corrected chi connectivity index (χ0v) is 11.2. The molecule has 0 fully saturated rings. The van der Waals surface area contributed by atoms with Crippen molar-refractivity contribution in [2.24, 2.45) is 5.73 Å². The van der Waals surface area contributed by atoms with Crippen molar-refractivity contribution in [3.05, 3.63) is 42.0 Å². The molecular formula is C13H10N6S. The van der Waals surface area contributed by atoms with Gasteiger partial charge in [0.25, 0.3) is 0 Å². The molecule has 2 heterocycles. The minimum Gasteiger partial charge on any atom is -0.341 e. The Morgan fingerprint density at radius 2 is 2.20 bits per heavy atom. The molecule has 0 spiro atoms. The van der Waals surface area contributed by atoms with Crippen molar-refractivity contribution in [1.29, 1.82) is 5.26 Å². The number of nitrogens with two attached hydrogens (primary N) is 1. The Labute approximate surface area is 119 Å². The Morgan fingerprint density at radius 3 is 3.00 bits per heavy atom. The van der Waals surface area contributed by atoms with E-state index in [1.165, 1.54) is 18.1 Å². The summed E-state index contributed by atoms with van der Waals surface area (Å²) in [6, 6.07) is 7.78. The third kappa shape index (κ3) is 2.22. The molecule has 2 aromatic heterocycles. The number of hydrogen-bond acceptors (Lipinski definition) is 6. The van der Waals surface area contributed by atoms with Gasteiger partial charge < -0.3 is 10.7 Å². The molecule has 0 unspecified atom stereocenters.